The van der Waals surface area contributed by atoms with E-state index in [1.165, 1.54) is 0 Å². The van der Waals surface area contributed by atoms with Crippen LogP contribution in [-0.4, -0.2) is 40.0 Å². The summed E-state index contributed by atoms with van der Waals surface area (Å²) >= 11 is 0. The minimum atomic E-state index is -0.756. The van der Waals surface area contributed by atoms with E-state index >= 15 is 0 Å². The highest BCUT2D eigenvalue weighted by Crippen LogP contribution is 2.13. The number of aromatic nitrogens is 2. The maximum Gasteiger partial charge on any atom is 0.270 e. The molecule has 0 radical (unpaired) electrons. The number of carbonyl (C=O) groups is 2. The van der Waals surface area contributed by atoms with Gasteiger partial charge in [0.15, 0.2) is 0 Å². The fourth-order valence-electron chi connectivity index (χ4n) is 2.38. The van der Waals surface area contributed by atoms with Gasteiger partial charge in [-0.2, -0.15) is 5.10 Å². The Morgan fingerprint density at radius 3 is 2.79 bits per heavy atom. The van der Waals surface area contributed by atoms with Crippen molar-refractivity contribution in [3.63, 3.8) is 0 Å². The third-order valence-electron chi connectivity index (χ3n) is 3.57. The fourth-order valence-corrected chi connectivity index (χ4v) is 2.38. The lowest BCUT2D eigenvalue weighted by Crippen LogP contribution is -2.33. The van der Waals surface area contributed by atoms with Gasteiger partial charge in [0.05, 0.1) is 23.6 Å². The number of nitrogens with one attached hydrogen (secondary N) is 1. The van der Waals surface area contributed by atoms with Gasteiger partial charge < -0.3 is 15.9 Å². The summed E-state index contributed by atoms with van der Waals surface area (Å²) in [6, 6.07) is 11.1. The maximum atomic E-state index is 12.5. The number of para-hydroxylation sites is 1. The number of benzene rings is 1. The first kappa shape index (κ1) is 15.7. The Morgan fingerprint density at radius 2 is 2.12 bits per heavy atom. The van der Waals surface area contributed by atoms with Gasteiger partial charge in [0.25, 0.3) is 11.8 Å². The molecule has 124 valence electrons. The molecule has 1 aromatic heterocycles. The van der Waals surface area contributed by atoms with E-state index in [2.05, 4.69) is 15.6 Å². The van der Waals surface area contributed by atoms with E-state index in [0.717, 1.165) is 11.4 Å². The van der Waals surface area contributed by atoms with Gasteiger partial charge in [0.1, 0.15) is 5.69 Å². The SMILES string of the molecule is Cc1cc(C(=O)NCC2=NOC(C(N)=O)C2)n(-c2ccccc2)n1. The molecule has 2 amide bonds. The summed E-state index contributed by atoms with van der Waals surface area (Å²) < 4.78 is 1.59. The van der Waals surface area contributed by atoms with Crippen LogP contribution in [-0.2, 0) is 9.63 Å². The number of rotatable bonds is 5. The average molecular weight is 327 g/mol. The Labute approximate surface area is 138 Å². The zero-order chi connectivity index (χ0) is 17.1. The molecule has 0 spiro atoms. The lowest BCUT2D eigenvalue weighted by molar-refractivity contribution is -0.127. The molecule has 0 fully saturated rings. The molecule has 2 aromatic rings. The molecule has 3 N–H and O–H groups in total. The predicted molar refractivity (Wildman–Crippen MR) is 86.8 cm³/mol. The predicted octanol–water partition coefficient (Wildman–Crippen LogP) is 0.541. The molecular formula is C16H17N5O3. The van der Waals surface area contributed by atoms with Crippen LogP contribution in [0.5, 0.6) is 0 Å². The molecule has 0 saturated heterocycles. The summed E-state index contributed by atoms with van der Waals surface area (Å²) in [6.45, 7) is 2.00. The number of oxime groups is 1. The van der Waals surface area contributed by atoms with Crippen LogP contribution in [0.15, 0.2) is 41.6 Å². The van der Waals surface area contributed by atoms with Crippen molar-refractivity contribution in [3.8, 4) is 5.69 Å². The minimum absolute atomic E-state index is 0.182. The van der Waals surface area contributed by atoms with Crippen LogP contribution in [0.3, 0.4) is 0 Å². The van der Waals surface area contributed by atoms with E-state index in [0.29, 0.717) is 11.4 Å². The highest BCUT2D eigenvalue weighted by molar-refractivity contribution is 5.99. The molecule has 8 heteroatoms. The molecule has 3 rings (SSSR count). The maximum absolute atomic E-state index is 12.5. The van der Waals surface area contributed by atoms with E-state index < -0.39 is 12.0 Å². The van der Waals surface area contributed by atoms with Gasteiger partial charge in [0, 0.05) is 6.42 Å². The number of hydrogen-bond donors (Lipinski definition) is 2. The van der Waals surface area contributed by atoms with Crippen LogP contribution in [0.1, 0.15) is 22.6 Å². The molecular weight excluding hydrogens is 310 g/mol. The van der Waals surface area contributed by atoms with Crippen LogP contribution in [0.25, 0.3) is 5.69 Å². The second-order valence-corrected chi connectivity index (χ2v) is 5.46. The van der Waals surface area contributed by atoms with Crippen molar-refractivity contribution in [3.05, 3.63) is 47.8 Å². The normalized spacial score (nSPS) is 16.4. The second kappa shape index (κ2) is 6.53. The van der Waals surface area contributed by atoms with Crippen LogP contribution in [0.2, 0.25) is 0 Å². The molecule has 24 heavy (non-hydrogen) atoms. The lowest BCUT2D eigenvalue weighted by atomic mass is 10.1. The highest BCUT2D eigenvalue weighted by atomic mass is 16.6. The molecule has 0 saturated carbocycles. The Kier molecular flexibility index (Phi) is 4.28. The van der Waals surface area contributed by atoms with Crippen LogP contribution in [0.4, 0.5) is 0 Å². The van der Waals surface area contributed by atoms with Crippen LogP contribution in [0, 0.1) is 6.92 Å². The Balaban J connectivity index is 1.69. The van der Waals surface area contributed by atoms with Crippen molar-refractivity contribution in [1.82, 2.24) is 15.1 Å². The lowest BCUT2D eigenvalue weighted by Gasteiger charge is -2.08. The Morgan fingerprint density at radius 1 is 1.38 bits per heavy atom. The van der Waals surface area contributed by atoms with E-state index in [1.54, 1.807) is 10.7 Å². The summed E-state index contributed by atoms with van der Waals surface area (Å²) in [5.74, 6) is -0.859. The first-order valence-corrected chi connectivity index (χ1v) is 7.46. The average Bonchev–Trinajstić information content (AvgIpc) is 3.20. The standard InChI is InChI=1S/C16H17N5O3/c1-10-7-13(21(19-10)12-5-3-2-4-6-12)16(23)18-9-11-8-14(15(17)22)24-20-11/h2-7,14H,8-9H2,1H3,(H2,17,22)(H,18,23). The third kappa shape index (κ3) is 3.27. The highest BCUT2D eigenvalue weighted by Gasteiger charge is 2.26. The van der Waals surface area contributed by atoms with Crippen molar-refractivity contribution in [1.29, 1.82) is 0 Å². The molecule has 1 aliphatic heterocycles. The van der Waals surface area contributed by atoms with Crippen molar-refractivity contribution in [2.24, 2.45) is 10.9 Å². The van der Waals surface area contributed by atoms with Gasteiger partial charge in [-0.15, -0.1) is 0 Å². The molecule has 1 aromatic carbocycles. The van der Waals surface area contributed by atoms with Gasteiger partial charge in [-0.25, -0.2) is 4.68 Å². The minimum Gasteiger partial charge on any atom is -0.382 e. The molecule has 1 aliphatic rings. The zero-order valence-electron chi connectivity index (χ0n) is 13.1. The number of primary amides is 1. The number of carbonyl (C=O) groups excluding carboxylic acids is 2. The van der Waals surface area contributed by atoms with Crippen molar-refractivity contribution < 1.29 is 14.4 Å². The number of hydrogen-bond acceptors (Lipinski definition) is 5. The molecule has 1 atom stereocenters. The topological polar surface area (TPSA) is 112 Å². The second-order valence-electron chi connectivity index (χ2n) is 5.46. The van der Waals surface area contributed by atoms with E-state index in [4.69, 9.17) is 10.6 Å². The summed E-state index contributed by atoms with van der Waals surface area (Å²) in [7, 11) is 0. The summed E-state index contributed by atoms with van der Waals surface area (Å²) in [6.07, 6.45) is -0.471. The molecule has 8 nitrogen and oxygen atoms in total. The largest absolute Gasteiger partial charge is 0.382 e. The van der Waals surface area contributed by atoms with Crippen molar-refractivity contribution >= 4 is 17.5 Å². The summed E-state index contributed by atoms with van der Waals surface area (Å²) in [5.41, 5.74) is 7.68. The monoisotopic (exact) mass is 327 g/mol. The van der Waals surface area contributed by atoms with E-state index in [9.17, 15) is 9.59 Å². The number of amides is 2. The van der Waals surface area contributed by atoms with E-state index in [-0.39, 0.29) is 18.9 Å². The summed E-state index contributed by atoms with van der Waals surface area (Å²) in [5, 5.41) is 10.9. The molecule has 0 bridgehead atoms. The molecule has 1 unspecified atom stereocenters. The fraction of sp³-hybridized carbons (Fsp3) is 0.250. The van der Waals surface area contributed by atoms with Crippen LogP contribution >= 0.6 is 0 Å². The van der Waals surface area contributed by atoms with Gasteiger partial charge >= 0.3 is 0 Å². The first-order chi connectivity index (χ1) is 11.5. The summed E-state index contributed by atoms with van der Waals surface area (Å²) in [4.78, 5) is 28.4. The number of aryl methyl sites for hydroxylation is 1. The zero-order valence-corrected chi connectivity index (χ0v) is 13.1. The number of nitrogens with zero attached hydrogens (tertiary/aromatic N) is 3. The third-order valence-corrected chi connectivity index (χ3v) is 3.57. The number of nitrogens with two attached hydrogens (primary N) is 1. The molecule has 2 heterocycles. The quantitative estimate of drug-likeness (QED) is 0.834. The van der Waals surface area contributed by atoms with Gasteiger partial charge in [-0.1, -0.05) is 23.4 Å². The first-order valence-electron chi connectivity index (χ1n) is 7.46. The van der Waals surface area contributed by atoms with E-state index in [1.807, 2.05) is 37.3 Å². The molecule has 0 aliphatic carbocycles. The Bertz CT molecular complexity index is 797. The smallest absolute Gasteiger partial charge is 0.270 e. The van der Waals surface area contributed by atoms with Crippen LogP contribution < -0.4 is 11.1 Å². The van der Waals surface area contributed by atoms with Gasteiger partial charge in [-0.05, 0) is 25.1 Å². The van der Waals surface area contributed by atoms with Gasteiger partial charge in [0.2, 0.25) is 6.10 Å². The van der Waals surface area contributed by atoms with Crippen molar-refractivity contribution in [2.45, 2.75) is 19.4 Å². The Hall–Kier alpha value is -3.16. The van der Waals surface area contributed by atoms with Gasteiger partial charge in [-0.3, -0.25) is 9.59 Å². The van der Waals surface area contributed by atoms with Crippen molar-refractivity contribution in [2.75, 3.05) is 6.54 Å².